The highest BCUT2D eigenvalue weighted by atomic mass is 79.9. The quantitative estimate of drug-likeness (QED) is 0.502. The number of fused-ring (bicyclic) bond motifs is 1. The van der Waals surface area contributed by atoms with Crippen molar-refractivity contribution in [2.24, 2.45) is 0 Å². The third-order valence-electron chi connectivity index (χ3n) is 3.92. The summed E-state index contributed by atoms with van der Waals surface area (Å²) < 4.78 is 13.2. The van der Waals surface area contributed by atoms with Gasteiger partial charge in [-0.3, -0.25) is 4.40 Å². The van der Waals surface area contributed by atoms with Crippen LogP contribution in [0.25, 0.3) is 17.0 Å². The van der Waals surface area contributed by atoms with Gasteiger partial charge in [-0.15, -0.1) is 0 Å². The summed E-state index contributed by atoms with van der Waals surface area (Å²) in [6.45, 7) is 1.93. The average Bonchev–Trinajstić information content (AvgIpc) is 3.41. The molecule has 9 nitrogen and oxygen atoms in total. The smallest absolute Gasteiger partial charge is 0.315 e. The predicted octanol–water partition coefficient (Wildman–Crippen LogP) is 3.30. The van der Waals surface area contributed by atoms with Crippen LogP contribution in [-0.4, -0.2) is 25.6 Å². The van der Waals surface area contributed by atoms with Crippen LogP contribution in [0, 0.1) is 0 Å². The van der Waals surface area contributed by atoms with Crippen molar-refractivity contribution in [1.82, 2.24) is 30.2 Å². The van der Waals surface area contributed by atoms with E-state index in [2.05, 4.69) is 41.7 Å². The van der Waals surface area contributed by atoms with Gasteiger partial charge in [-0.25, -0.2) is 9.78 Å². The van der Waals surface area contributed by atoms with Gasteiger partial charge in [0, 0.05) is 6.20 Å². The maximum absolute atomic E-state index is 12.0. The number of urea groups is 1. The molecular formula is C17H15BrN6O3. The van der Waals surface area contributed by atoms with E-state index in [-0.39, 0.29) is 18.6 Å². The molecule has 0 aliphatic rings. The summed E-state index contributed by atoms with van der Waals surface area (Å²) >= 11 is 3.43. The summed E-state index contributed by atoms with van der Waals surface area (Å²) in [4.78, 5) is 20.7. The number of imidazole rings is 1. The largest absolute Gasteiger partial charge is 0.467 e. The first-order valence-electron chi connectivity index (χ1n) is 8.14. The van der Waals surface area contributed by atoms with Crippen molar-refractivity contribution in [3.8, 4) is 11.4 Å². The normalized spacial score (nSPS) is 12.2. The SMILES string of the molecule is CC(NC(=O)NCc1nc(-c2cccn3c(Br)cnc23)no1)c1ccco1. The number of hydrogen-bond acceptors (Lipinski definition) is 6. The summed E-state index contributed by atoms with van der Waals surface area (Å²) in [6, 6.07) is 6.67. The van der Waals surface area contributed by atoms with Crippen LogP contribution in [0.1, 0.15) is 24.6 Å². The Labute approximate surface area is 161 Å². The lowest BCUT2D eigenvalue weighted by Gasteiger charge is -2.11. The maximum Gasteiger partial charge on any atom is 0.315 e. The number of pyridine rings is 1. The number of nitrogens with one attached hydrogen (secondary N) is 2. The molecule has 0 aliphatic heterocycles. The number of nitrogens with zero attached hydrogens (tertiary/aromatic N) is 4. The molecule has 4 heterocycles. The lowest BCUT2D eigenvalue weighted by atomic mass is 10.2. The van der Waals surface area contributed by atoms with Crippen molar-refractivity contribution in [2.45, 2.75) is 19.5 Å². The molecule has 4 aromatic heterocycles. The van der Waals surface area contributed by atoms with Crippen LogP contribution in [0.15, 0.2) is 56.5 Å². The standard InChI is InChI=1S/C17H15BrN6O3/c1-10(12-5-3-7-26-12)21-17(25)20-9-14-22-15(23-27-14)11-4-2-6-24-13(18)8-19-16(11)24/h2-8,10H,9H2,1H3,(H2,20,21,25). The number of furan rings is 1. The van der Waals surface area contributed by atoms with Crippen LogP contribution >= 0.6 is 15.9 Å². The third-order valence-corrected chi connectivity index (χ3v) is 4.50. The topological polar surface area (TPSA) is 110 Å². The highest BCUT2D eigenvalue weighted by Gasteiger charge is 2.16. The Morgan fingerprint density at radius 3 is 3.07 bits per heavy atom. The number of halogens is 1. The van der Waals surface area contributed by atoms with Crippen molar-refractivity contribution < 1.29 is 13.7 Å². The molecule has 0 saturated heterocycles. The maximum atomic E-state index is 12.0. The van der Waals surface area contributed by atoms with Gasteiger partial charge in [0.2, 0.25) is 11.7 Å². The highest BCUT2D eigenvalue weighted by Crippen LogP contribution is 2.23. The Bertz CT molecular complexity index is 1070. The third kappa shape index (κ3) is 3.56. The molecule has 0 spiro atoms. The Kier molecular flexibility index (Phi) is 4.63. The van der Waals surface area contributed by atoms with Crippen molar-refractivity contribution in [3.05, 3.63) is 59.2 Å². The molecule has 1 unspecified atom stereocenters. The van der Waals surface area contributed by atoms with E-state index >= 15 is 0 Å². The van der Waals surface area contributed by atoms with Crippen molar-refractivity contribution >= 4 is 27.6 Å². The number of carbonyl (C=O) groups excluding carboxylic acids is 1. The lowest BCUT2D eigenvalue weighted by Crippen LogP contribution is -2.36. The molecule has 4 aromatic rings. The van der Waals surface area contributed by atoms with Gasteiger partial charge in [-0.1, -0.05) is 5.16 Å². The van der Waals surface area contributed by atoms with E-state index in [1.54, 1.807) is 24.6 Å². The summed E-state index contributed by atoms with van der Waals surface area (Å²) in [6.07, 6.45) is 5.14. The molecule has 10 heteroatoms. The number of rotatable bonds is 5. The van der Waals surface area contributed by atoms with E-state index < -0.39 is 0 Å². The number of amides is 2. The van der Waals surface area contributed by atoms with Gasteiger partial charge in [0.25, 0.3) is 0 Å². The van der Waals surface area contributed by atoms with Crippen molar-refractivity contribution in [2.75, 3.05) is 0 Å². The van der Waals surface area contributed by atoms with Gasteiger partial charge < -0.3 is 19.6 Å². The highest BCUT2D eigenvalue weighted by molar-refractivity contribution is 9.10. The zero-order valence-corrected chi connectivity index (χ0v) is 15.8. The Morgan fingerprint density at radius 1 is 1.37 bits per heavy atom. The fraction of sp³-hybridized carbons (Fsp3) is 0.176. The second kappa shape index (κ2) is 7.23. The van der Waals surface area contributed by atoms with E-state index in [0.717, 1.165) is 10.2 Å². The number of hydrogen-bond donors (Lipinski definition) is 2. The van der Waals surface area contributed by atoms with E-state index in [4.69, 9.17) is 8.94 Å². The second-order valence-electron chi connectivity index (χ2n) is 5.77. The monoisotopic (exact) mass is 430 g/mol. The van der Waals surface area contributed by atoms with Crippen LogP contribution in [0.3, 0.4) is 0 Å². The Hall–Kier alpha value is -3.14. The van der Waals surface area contributed by atoms with Crippen LogP contribution in [0.4, 0.5) is 4.79 Å². The molecule has 0 aliphatic carbocycles. The molecule has 0 aromatic carbocycles. The first-order chi connectivity index (χ1) is 13.1. The van der Waals surface area contributed by atoms with Gasteiger partial charge in [0.1, 0.15) is 16.0 Å². The van der Waals surface area contributed by atoms with E-state index in [0.29, 0.717) is 23.1 Å². The van der Waals surface area contributed by atoms with Gasteiger partial charge in [0.05, 0.1) is 30.6 Å². The van der Waals surface area contributed by atoms with E-state index in [9.17, 15) is 4.79 Å². The molecule has 4 rings (SSSR count). The van der Waals surface area contributed by atoms with Gasteiger partial charge in [0.15, 0.2) is 0 Å². The summed E-state index contributed by atoms with van der Waals surface area (Å²) in [5.41, 5.74) is 1.43. The zero-order chi connectivity index (χ0) is 18.8. The molecule has 2 N–H and O–H groups in total. The number of carbonyl (C=O) groups is 1. The first kappa shape index (κ1) is 17.3. The second-order valence-corrected chi connectivity index (χ2v) is 6.58. The van der Waals surface area contributed by atoms with Gasteiger partial charge in [-0.2, -0.15) is 4.98 Å². The molecular weight excluding hydrogens is 416 g/mol. The molecule has 0 radical (unpaired) electrons. The molecule has 27 heavy (non-hydrogen) atoms. The Morgan fingerprint density at radius 2 is 2.26 bits per heavy atom. The van der Waals surface area contributed by atoms with Crippen LogP contribution in [0.5, 0.6) is 0 Å². The Balaban J connectivity index is 1.41. The van der Waals surface area contributed by atoms with Gasteiger partial charge in [-0.05, 0) is 47.1 Å². The minimum atomic E-state index is -0.363. The minimum absolute atomic E-state index is 0.102. The first-order valence-corrected chi connectivity index (χ1v) is 8.93. The lowest BCUT2D eigenvalue weighted by molar-refractivity contribution is 0.233. The average molecular weight is 431 g/mol. The van der Waals surface area contributed by atoms with Crippen LogP contribution in [0.2, 0.25) is 0 Å². The zero-order valence-electron chi connectivity index (χ0n) is 14.2. The number of aromatic nitrogens is 4. The predicted molar refractivity (Wildman–Crippen MR) is 98.7 cm³/mol. The molecule has 0 saturated carbocycles. The molecule has 0 fully saturated rings. The fourth-order valence-electron chi connectivity index (χ4n) is 2.60. The fourth-order valence-corrected chi connectivity index (χ4v) is 2.99. The van der Waals surface area contributed by atoms with E-state index in [1.165, 1.54) is 0 Å². The van der Waals surface area contributed by atoms with Gasteiger partial charge >= 0.3 is 6.03 Å². The van der Waals surface area contributed by atoms with Crippen molar-refractivity contribution in [3.63, 3.8) is 0 Å². The summed E-state index contributed by atoms with van der Waals surface area (Å²) in [5.74, 6) is 1.36. The van der Waals surface area contributed by atoms with Crippen molar-refractivity contribution in [1.29, 1.82) is 0 Å². The minimum Gasteiger partial charge on any atom is -0.467 e. The van der Waals surface area contributed by atoms with E-state index in [1.807, 2.05) is 29.7 Å². The molecule has 2 amide bonds. The molecule has 0 bridgehead atoms. The van der Waals surface area contributed by atoms with Crippen LogP contribution in [-0.2, 0) is 6.54 Å². The summed E-state index contributed by atoms with van der Waals surface area (Å²) in [5, 5.41) is 9.43. The summed E-state index contributed by atoms with van der Waals surface area (Å²) in [7, 11) is 0. The molecule has 1 atom stereocenters. The van der Waals surface area contributed by atoms with Crippen LogP contribution < -0.4 is 10.6 Å². The molecule has 138 valence electrons.